The van der Waals surface area contributed by atoms with Crippen LogP contribution in [0.5, 0.6) is 11.5 Å². The molecule has 0 radical (unpaired) electrons. The summed E-state index contributed by atoms with van der Waals surface area (Å²) in [6, 6.07) is 6.29. The molecule has 8 heteroatoms. The van der Waals surface area contributed by atoms with Gasteiger partial charge in [0, 0.05) is 38.3 Å². The predicted molar refractivity (Wildman–Crippen MR) is 123 cm³/mol. The molecule has 2 fully saturated rings. The minimum absolute atomic E-state index is 0. The van der Waals surface area contributed by atoms with E-state index in [0.29, 0.717) is 13.3 Å². The van der Waals surface area contributed by atoms with Crippen molar-refractivity contribution in [3.8, 4) is 11.5 Å². The molecule has 1 atom stereocenters. The van der Waals surface area contributed by atoms with Crippen molar-refractivity contribution < 1.29 is 18.9 Å². The molecular weight excluding hydrogens is 485 g/mol. The SMILES string of the molecule is CCNC(=NCC1(c2ccc3c(c2)OCO3)CCOCC1)NCC1CCCO1.I. The van der Waals surface area contributed by atoms with E-state index in [1.54, 1.807) is 0 Å². The monoisotopic (exact) mass is 517 g/mol. The minimum atomic E-state index is -0.0502. The molecule has 0 aromatic heterocycles. The summed E-state index contributed by atoms with van der Waals surface area (Å²) in [4.78, 5) is 4.95. The number of halogens is 1. The van der Waals surface area contributed by atoms with Crippen LogP contribution < -0.4 is 20.1 Å². The molecule has 3 aliphatic heterocycles. The number of benzene rings is 1. The van der Waals surface area contributed by atoms with Crippen molar-refractivity contribution >= 4 is 29.9 Å². The summed E-state index contributed by atoms with van der Waals surface area (Å²) >= 11 is 0. The van der Waals surface area contributed by atoms with Gasteiger partial charge in [-0.25, -0.2) is 0 Å². The molecule has 4 rings (SSSR count). The van der Waals surface area contributed by atoms with Crippen LogP contribution in [0.3, 0.4) is 0 Å². The smallest absolute Gasteiger partial charge is 0.231 e. The number of nitrogens with zero attached hydrogens (tertiary/aromatic N) is 1. The second-order valence-electron chi connectivity index (χ2n) is 7.67. The van der Waals surface area contributed by atoms with Crippen LogP contribution in [0.15, 0.2) is 23.2 Å². The van der Waals surface area contributed by atoms with Crippen molar-refractivity contribution in [2.75, 3.05) is 46.2 Å². The molecule has 3 heterocycles. The summed E-state index contributed by atoms with van der Waals surface area (Å²) in [5.74, 6) is 2.50. The quantitative estimate of drug-likeness (QED) is 0.344. The van der Waals surface area contributed by atoms with Crippen LogP contribution in [-0.4, -0.2) is 58.3 Å². The Morgan fingerprint density at radius 2 is 1.97 bits per heavy atom. The second-order valence-corrected chi connectivity index (χ2v) is 7.67. The molecule has 1 aromatic carbocycles. The van der Waals surface area contributed by atoms with E-state index < -0.39 is 0 Å². The maximum atomic E-state index is 5.72. The summed E-state index contributed by atoms with van der Waals surface area (Å²) in [7, 11) is 0. The van der Waals surface area contributed by atoms with E-state index in [1.807, 2.05) is 6.07 Å². The van der Waals surface area contributed by atoms with Gasteiger partial charge in [0.2, 0.25) is 6.79 Å². The molecule has 29 heavy (non-hydrogen) atoms. The molecule has 0 spiro atoms. The number of ether oxygens (including phenoxy) is 4. The van der Waals surface area contributed by atoms with Gasteiger partial charge in [0.15, 0.2) is 17.5 Å². The Labute approximate surface area is 189 Å². The number of aliphatic imine (C=N–C) groups is 1. The third-order valence-electron chi connectivity index (χ3n) is 5.84. The van der Waals surface area contributed by atoms with Crippen LogP contribution in [0.1, 0.15) is 38.2 Å². The molecule has 3 aliphatic rings. The molecule has 0 amide bonds. The molecule has 0 saturated carbocycles. The number of hydrogen-bond acceptors (Lipinski definition) is 5. The molecule has 0 aliphatic carbocycles. The van der Waals surface area contributed by atoms with Crippen LogP contribution in [0, 0.1) is 0 Å². The third kappa shape index (κ3) is 5.46. The van der Waals surface area contributed by atoms with Gasteiger partial charge in [-0.3, -0.25) is 4.99 Å². The first-order chi connectivity index (χ1) is 13.8. The molecular formula is C21H32IN3O4. The van der Waals surface area contributed by atoms with Gasteiger partial charge in [-0.2, -0.15) is 0 Å². The van der Waals surface area contributed by atoms with Gasteiger partial charge in [-0.1, -0.05) is 6.07 Å². The van der Waals surface area contributed by atoms with E-state index in [2.05, 4.69) is 29.7 Å². The van der Waals surface area contributed by atoms with Crippen molar-refractivity contribution in [3.05, 3.63) is 23.8 Å². The first-order valence-electron chi connectivity index (χ1n) is 10.4. The highest BCUT2D eigenvalue weighted by Crippen LogP contribution is 2.41. The van der Waals surface area contributed by atoms with Gasteiger partial charge in [0.1, 0.15) is 0 Å². The second kappa shape index (κ2) is 10.7. The van der Waals surface area contributed by atoms with Gasteiger partial charge >= 0.3 is 0 Å². The Balaban J connectivity index is 0.00000240. The zero-order chi connectivity index (χ0) is 19.2. The Bertz CT molecular complexity index is 689. The molecule has 1 aromatic rings. The van der Waals surface area contributed by atoms with Crippen LogP contribution in [0.4, 0.5) is 0 Å². The summed E-state index contributed by atoms with van der Waals surface area (Å²) in [5.41, 5.74) is 1.20. The topological polar surface area (TPSA) is 73.3 Å². The average molecular weight is 517 g/mol. The number of hydrogen-bond donors (Lipinski definition) is 2. The van der Waals surface area contributed by atoms with E-state index in [1.165, 1.54) is 5.56 Å². The molecule has 2 N–H and O–H groups in total. The lowest BCUT2D eigenvalue weighted by Gasteiger charge is -2.36. The zero-order valence-electron chi connectivity index (χ0n) is 17.1. The van der Waals surface area contributed by atoms with E-state index in [9.17, 15) is 0 Å². The highest BCUT2D eigenvalue weighted by molar-refractivity contribution is 14.0. The molecule has 0 bridgehead atoms. The van der Waals surface area contributed by atoms with Gasteiger partial charge in [-0.05, 0) is 50.3 Å². The first kappa shape index (κ1) is 22.4. The molecule has 162 valence electrons. The summed E-state index contributed by atoms with van der Waals surface area (Å²) < 4.78 is 22.5. The normalized spacial score (nSPS) is 22.8. The van der Waals surface area contributed by atoms with Crippen molar-refractivity contribution in [3.63, 3.8) is 0 Å². The summed E-state index contributed by atoms with van der Waals surface area (Å²) in [5, 5.41) is 6.81. The fraction of sp³-hybridized carbons (Fsp3) is 0.667. The van der Waals surface area contributed by atoms with Crippen LogP contribution >= 0.6 is 24.0 Å². The number of guanidine groups is 1. The van der Waals surface area contributed by atoms with Gasteiger partial charge in [0.25, 0.3) is 0 Å². The van der Waals surface area contributed by atoms with Crippen LogP contribution in [-0.2, 0) is 14.9 Å². The van der Waals surface area contributed by atoms with E-state index >= 15 is 0 Å². The standard InChI is InChI=1S/C21H31N3O4.HI/c1-2-22-20(23-13-17-4-3-9-26-17)24-14-21(7-10-25-11-8-21)16-5-6-18-19(12-16)28-15-27-18;/h5-6,12,17H,2-4,7-11,13-15H2,1H3,(H2,22,23,24);1H. The Kier molecular flexibility index (Phi) is 8.25. The van der Waals surface area contributed by atoms with E-state index in [-0.39, 0.29) is 35.5 Å². The Morgan fingerprint density at radius 1 is 1.14 bits per heavy atom. The first-order valence-corrected chi connectivity index (χ1v) is 10.4. The van der Waals surface area contributed by atoms with E-state index in [0.717, 1.165) is 76.1 Å². The van der Waals surface area contributed by atoms with Crippen LogP contribution in [0.25, 0.3) is 0 Å². The fourth-order valence-corrected chi connectivity index (χ4v) is 4.11. The Hall–Kier alpha value is -1.26. The van der Waals surface area contributed by atoms with Gasteiger partial charge in [0.05, 0.1) is 12.6 Å². The highest BCUT2D eigenvalue weighted by atomic mass is 127. The van der Waals surface area contributed by atoms with Crippen LogP contribution in [0.2, 0.25) is 0 Å². The molecule has 7 nitrogen and oxygen atoms in total. The largest absolute Gasteiger partial charge is 0.454 e. The lowest BCUT2D eigenvalue weighted by molar-refractivity contribution is 0.0530. The summed E-state index contributed by atoms with van der Waals surface area (Å²) in [6.45, 7) is 7.09. The fourth-order valence-electron chi connectivity index (χ4n) is 4.11. The van der Waals surface area contributed by atoms with Crippen molar-refractivity contribution in [2.24, 2.45) is 4.99 Å². The maximum Gasteiger partial charge on any atom is 0.231 e. The van der Waals surface area contributed by atoms with Crippen molar-refractivity contribution in [1.29, 1.82) is 0 Å². The average Bonchev–Trinajstić information content (AvgIpc) is 3.42. The number of nitrogens with one attached hydrogen (secondary N) is 2. The third-order valence-corrected chi connectivity index (χ3v) is 5.84. The van der Waals surface area contributed by atoms with Gasteiger partial charge in [-0.15, -0.1) is 24.0 Å². The lowest BCUT2D eigenvalue weighted by atomic mass is 9.74. The van der Waals surface area contributed by atoms with Crippen molar-refractivity contribution in [2.45, 2.75) is 44.1 Å². The number of fused-ring (bicyclic) bond motifs is 1. The predicted octanol–water partition coefficient (Wildman–Crippen LogP) is 2.82. The zero-order valence-corrected chi connectivity index (χ0v) is 19.4. The van der Waals surface area contributed by atoms with E-state index in [4.69, 9.17) is 23.9 Å². The molecule has 2 saturated heterocycles. The summed E-state index contributed by atoms with van der Waals surface area (Å²) in [6.07, 6.45) is 4.44. The highest BCUT2D eigenvalue weighted by Gasteiger charge is 2.35. The lowest BCUT2D eigenvalue weighted by Crippen LogP contribution is -2.43. The van der Waals surface area contributed by atoms with Gasteiger partial charge < -0.3 is 29.6 Å². The molecule has 1 unspecified atom stereocenters. The van der Waals surface area contributed by atoms with Crippen molar-refractivity contribution in [1.82, 2.24) is 10.6 Å². The Morgan fingerprint density at radius 3 is 2.72 bits per heavy atom. The minimum Gasteiger partial charge on any atom is -0.454 e. The number of rotatable bonds is 6. The maximum absolute atomic E-state index is 5.72.